The Morgan fingerprint density at radius 1 is 1.07 bits per heavy atom. The maximum atomic E-state index is 12.7. The average molecular weight is 465 g/mol. The van der Waals surface area contributed by atoms with Crippen molar-refractivity contribution in [3.05, 3.63) is 61.8 Å². The van der Waals surface area contributed by atoms with E-state index in [1.807, 2.05) is 14.1 Å². The maximum absolute atomic E-state index is 12.7. The van der Waals surface area contributed by atoms with Gasteiger partial charge in [0.15, 0.2) is 0 Å². The Hall–Kier alpha value is -1.51. The molecule has 0 aromatic heterocycles. The predicted octanol–water partition coefficient (Wildman–Crippen LogP) is 3.31. The molecule has 0 aliphatic carbocycles. The molecule has 0 fully saturated rings. The highest BCUT2D eigenvalue weighted by molar-refractivity contribution is 7.94. The van der Waals surface area contributed by atoms with Gasteiger partial charge in [0, 0.05) is 28.6 Å². The number of hydrogen-bond acceptors (Lipinski definition) is 3. The lowest BCUT2D eigenvalue weighted by Crippen LogP contribution is -3.05. The summed E-state index contributed by atoms with van der Waals surface area (Å²) in [6.45, 7) is 1.39. The van der Waals surface area contributed by atoms with Gasteiger partial charge in [0.25, 0.3) is 5.91 Å². The van der Waals surface area contributed by atoms with Crippen molar-refractivity contribution < 1.29 is 18.1 Å². The van der Waals surface area contributed by atoms with Crippen LogP contribution in [0.5, 0.6) is 0 Å². The molecule has 28 heavy (non-hydrogen) atoms. The zero-order valence-corrected chi connectivity index (χ0v) is 18.4. The Labute approximate surface area is 179 Å². The van der Waals surface area contributed by atoms with Gasteiger partial charge in [-0.3, -0.25) is 4.79 Å². The van der Waals surface area contributed by atoms with Crippen molar-refractivity contribution >= 4 is 56.4 Å². The molecule has 0 aliphatic rings. The highest BCUT2D eigenvalue weighted by Gasteiger charge is 2.15. The Morgan fingerprint density at radius 2 is 1.75 bits per heavy atom. The minimum atomic E-state index is -4.21. The summed E-state index contributed by atoms with van der Waals surface area (Å²) < 4.78 is 29.1. The molecule has 0 bridgehead atoms. The molecule has 0 saturated heterocycles. The van der Waals surface area contributed by atoms with Crippen LogP contribution in [0, 0.1) is 0 Å². The van der Waals surface area contributed by atoms with Crippen LogP contribution in [0.15, 0.2) is 41.3 Å². The number of halogens is 3. The van der Waals surface area contributed by atoms with E-state index in [1.165, 1.54) is 41.3 Å². The molecule has 2 aromatic carbocycles. The van der Waals surface area contributed by atoms with Crippen LogP contribution < -0.4 is 10.2 Å². The fraction of sp³-hybridized carbons (Fsp3) is 0.278. The van der Waals surface area contributed by atoms with Gasteiger partial charge in [-0.05, 0) is 30.3 Å². The number of rotatable bonds is 8. The van der Waals surface area contributed by atoms with Crippen molar-refractivity contribution in [2.45, 2.75) is 11.3 Å². The second kappa shape index (κ2) is 9.80. The van der Waals surface area contributed by atoms with Gasteiger partial charge in [0.1, 0.15) is 10.0 Å². The summed E-state index contributed by atoms with van der Waals surface area (Å²) in [6.07, 6.45) is 0.801. The molecule has 152 valence electrons. The van der Waals surface area contributed by atoms with Gasteiger partial charge in [0.05, 0.1) is 30.6 Å². The van der Waals surface area contributed by atoms with Gasteiger partial charge >= 0.3 is 0 Å². The third-order valence-corrected chi connectivity index (χ3v) is 6.06. The molecule has 2 N–H and O–H groups in total. The number of sulfonamides is 1. The number of benzene rings is 2. The summed E-state index contributed by atoms with van der Waals surface area (Å²) in [5.74, 6) is -0.386. The van der Waals surface area contributed by atoms with E-state index >= 15 is 0 Å². The smallest absolute Gasteiger partial charge is 0.251 e. The highest BCUT2D eigenvalue weighted by Crippen LogP contribution is 2.37. The van der Waals surface area contributed by atoms with Crippen LogP contribution in [0.1, 0.15) is 16.8 Å². The third-order valence-electron chi connectivity index (χ3n) is 3.74. The van der Waals surface area contributed by atoms with Crippen LogP contribution in [-0.4, -0.2) is 41.5 Å². The first-order valence-corrected chi connectivity index (χ1v) is 11.0. The molecule has 0 heterocycles. The molecule has 6 nitrogen and oxygen atoms in total. The second-order valence-electron chi connectivity index (χ2n) is 6.37. The number of nitrogens with one attached hydrogen (secondary N) is 2. The Bertz CT molecular complexity index is 966. The van der Waals surface area contributed by atoms with Gasteiger partial charge in [-0.1, -0.05) is 40.9 Å². The summed E-state index contributed by atoms with van der Waals surface area (Å²) in [6, 6.07) is 8.30. The minimum absolute atomic E-state index is 0.00808. The van der Waals surface area contributed by atoms with Gasteiger partial charge < -0.3 is 14.9 Å². The third kappa shape index (κ3) is 6.25. The van der Waals surface area contributed by atoms with Gasteiger partial charge in [-0.2, -0.15) is 0 Å². The first-order valence-electron chi connectivity index (χ1n) is 8.40. The fourth-order valence-electron chi connectivity index (χ4n) is 2.32. The van der Waals surface area contributed by atoms with E-state index in [2.05, 4.69) is 10.0 Å². The normalized spacial score (nSPS) is 11.5. The van der Waals surface area contributed by atoms with E-state index in [0.717, 1.165) is 13.0 Å². The molecule has 1 amide bonds. The molecule has 0 saturated carbocycles. The van der Waals surface area contributed by atoms with Crippen LogP contribution in [0.2, 0.25) is 15.1 Å². The fourth-order valence-corrected chi connectivity index (χ4v) is 4.21. The molecule has 0 unspecified atom stereocenters. The average Bonchev–Trinajstić information content (AvgIpc) is 2.61. The maximum Gasteiger partial charge on any atom is 0.251 e. The number of carbonyl (C=O) groups excluding carboxylic acids is 1. The number of hydrogen-bond donors (Lipinski definition) is 2. The van der Waals surface area contributed by atoms with E-state index < -0.39 is 10.0 Å². The van der Waals surface area contributed by atoms with Crippen LogP contribution in [0.3, 0.4) is 0 Å². The molecular weight excluding hydrogens is 445 g/mol. The minimum Gasteiger partial charge on any atom is -0.571 e. The number of carbonyl (C=O) groups is 1. The topological polar surface area (TPSA) is 81.8 Å². The van der Waals surface area contributed by atoms with Crippen LogP contribution in [0.25, 0.3) is 4.72 Å². The molecule has 0 spiro atoms. The molecule has 2 aromatic rings. The quantitative estimate of drug-likeness (QED) is 0.588. The van der Waals surface area contributed by atoms with Crippen LogP contribution in [-0.2, 0) is 10.0 Å². The summed E-state index contributed by atoms with van der Waals surface area (Å²) in [7, 11) is -0.166. The van der Waals surface area contributed by atoms with Crippen molar-refractivity contribution in [2.24, 2.45) is 0 Å². The lowest BCUT2D eigenvalue weighted by molar-refractivity contribution is -0.858. The molecule has 10 heteroatoms. The Morgan fingerprint density at radius 3 is 2.43 bits per heavy atom. The first kappa shape index (κ1) is 22.8. The lowest BCUT2D eigenvalue weighted by Gasteiger charge is -2.24. The molecule has 0 aliphatic heterocycles. The zero-order chi connectivity index (χ0) is 20.9. The van der Waals surface area contributed by atoms with Crippen LogP contribution >= 0.6 is 34.8 Å². The van der Waals surface area contributed by atoms with E-state index in [0.29, 0.717) is 6.54 Å². The SMILES string of the molecule is C[NH+](C)CCCNC(=O)c1ccc(Cl)c(S(=O)(=O)[N-]c2cc(Cl)ccc2Cl)c1. The van der Waals surface area contributed by atoms with Gasteiger partial charge in [-0.15, -0.1) is 5.69 Å². The van der Waals surface area contributed by atoms with Gasteiger partial charge in [-0.25, -0.2) is 8.42 Å². The van der Waals surface area contributed by atoms with Crippen LogP contribution in [0.4, 0.5) is 5.69 Å². The van der Waals surface area contributed by atoms with E-state index in [-0.39, 0.29) is 37.1 Å². The first-order chi connectivity index (χ1) is 13.1. The largest absolute Gasteiger partial charge is 0.571 e. The van der Waals surface area contributed by atoms with Crippen molar-refractivity contribution in [3.63, 3.8) is 0 Å². The summed E-state index contributed by atoms with van der Waals surface area (Å²) in [5.41, 5.74) is 0.166. The molecular formula is C18H20Cl3N3O3S. The Kier molecular flexibility index (Phi) is 7.97. The zero-order valence-electron chi connectivity index (χ0n) is 15.3. The monoisotopic (exact) mass is 463 g/mol. The molecule has 2 rings (SSSR count). The second-order valence-corrected chi connectivity index (χ2v) is 9.20. The molecule has 0 radical (unpaired) electrons. The lowest BCUT2D eigenvalue weighted by atomic mass is 10.2. The summed E-state index contributed by atoms with van der Waals surface area (Å²) in [4.78, 5) is 13.3. The standard InChI is InChI=1S/C18H19Cl3N3O3S/c1-24(2)9-3-8-22-18(25)12-4-6-15(21)17(10-12)28(26,27)23-16-11-13(19)5-7-14(16)20/h4-7,10-11H,3,8-9H2,1-2H3,(H,22,25)/q-1/p+1. The summed E-state index contributed by atoms with van der Waals surface area (Å²) >= 11 is 17.9. The van der Waals surface area contributed by atoms with E-state index in [9.17, 15) is 13.2 Å². The van der Waals surface area contributed by atoms with Crippen molar-refractivity contribution in [2.75, 3.05) is 27.2 Å². The van der Waals surface area contributed by atoms with E-state index in [1.54, 1.807) is 0 Å². The number of nitrogens with zero attached hydrogens (tertiary/aromatic N) is 1. The summed E-state index contributed by atoms with van der Waals surface area (Å²) in [5, 5.41) is 3.13. The highest BCUT2D eigenvalue weighted by atomic mass is 35.5. The van der Waals surface area contributed by atoms with Crippen molar-refractivity contribution in [1.82, 2.24) is 5.32 Å². The predicted molar refractivity (Wildman–Crippen MR) is 113 cm³/mol. The van der Waals surface area contributed by atoms with Crippen molar-refractivity contribution in [1.29, 1.82) is 0 Å². The number of quaternary nitrogens is 1. The molecule has 0 atom stereocenters. The number of amides is 1. The van der Waals surface area contributed by atoms with Crippen molar-refractivity contribution in [3.8, 4) is 0 Å². The Balaban J connectivity index is 2.21. The van der Waals surface area contributed by atoms with Gasteiger partial charge in [0.2, 0.25) is 0 Å². The van der Waals surface area contributed by atoms with E-state index in [4.69, 9.17) is 34.8 Å².